The van der Waals surface area contributed by atoms with Crippen molar-refractivity contribution in [1.29, 1.82) is 0 Å². The number of morpholine rings is 1. The molecule has 1 aromatic carbocycles. The van der Waals surface area contributed by atoms with Crippen molar-refractivity contribution in [2.24, 2.45) is 0 Å². The Hall–Kier alpha value is -3.06. The molecule has 1 aliphatic heterocycles. The minimum Gasteiger partial charge on any atom is -0.495 e. The summed E-state index contributed by atoms with van der Waals surface area (Å²) in [5, 5.41) is 10.9. The SMILES string of the molecule is COc1ccc(C(=O)NCc2nnc3ccccn23)cc1S(=O)(=O)NCCCN1CCOCC1. The monoisotopic (exact) mass is 488 g/mol. The van der Waals surface area contributed by atoms with Crippen LogP contribution in [0.3, 0.4) is 0 Å². The van der Waals surface area contributed by atoms with Crippen molar-refractivity contribution < 1.29 is 22.7 Å². The molecule has 0 unspecified atom stereocenters. The quantitative estimate of drug-likeness (QED) is 0.399. The van der Waals surface area contributed by atoms with Gasteiger partial charge in [-0.15, -0.1) is 10.2 Å². The van der Waals surface area contributed by atoms with Crippen molar-refractivity contribution >= 4 is 21.6 Å². The van der Waals surface area contributed by atoms with Crippen LogP contribution in [-0.2, 0) is 21.3 Å². The number of hydrogen-bond donors (Lipinski definition) is 2. The summed E-state index contributed by atoms with van der Waals surface area (Å²) in [7, 11) is -2.48. The van der Waals surface area contributed by atoms with E-state index in [1.165, 1.54) is 25.3 Å². The van der Waals surface area contributed by atoms with Gasteiger partial charge < -0.3 is 14.8 Å². The lowest BCUT2D eigenvalue weighted by Gasteiger charge is -2.26. The summed E-state index contributed by atoms with van der Waals surface area (Å²) in [6, 6.07) is 9.82. The molecule has 12 heteroatoms. The molecule has 4 rings (SSSR count). The molecule has 2 aromatic heterocycles. The van der Waals surface area contributed by atoms with Gasteiger partial charge in [0.05, 0.1) is 26.9 Å². The fourth-order valence-corrected chi connectivity index (χ4v) is 4.98. The zero-order valence-electron chi connectivity index (χ0n) is 18.9. The van der Waals surface area contributed by atoms with Crippen LogP contribution in [0.4, 0.5) is 0 Å². The number of methoxy groups -OCH3 is 1. The number of aromatic nitrogens is 3. The Bertz CT molecular complexity index is 1240. The van der Waals surface area contributed by atoms with Crippen molar-refractivity contribution in [2.75, 3.05) is 46.5 Å². The van der Waals surface area contributed by atoms with Crippen molar-refractivity contribution in [1.82, 2.24) is 29.5 Å². The highest BCUT2D eigenvalue weighted by atomic mass is 32.2. The van der Waals surface area contributed by atoms with Gasteiger partial charge in [-0.05, 0) is 43.3 Å². The summed E-state index contributed by atoms with van der Waals surface area (Å²) in [6.45, 7) is 4.29. The minimum absolute atomic E-state index is 0.0815. The molecule has 3 aromatic rings. The molecule has 0 bridgehead atoms. The van der Waals surface area contributed by atoms with Gasteiger partial charge in [0.25, 0.3) is 5.91 Å². The van der Waals surface area contributed by atoms with Crippen LogP contribution in [0.5, 0.6) is 5.75 Å². The Labute approximate surface area is 198 Å². The molecule has 1 fully saturated rings. The van der Waals surface area contributed by atoms with Crippen molar-refractivity contribution in [3.63, 3.8) is 0 Å². The Morgan fingerprint density at radius 2 is 2.00 bits per heavy atom. The largest absolute Gasteiger partial charge is 0.495 e. The van der Waals surface area contributed by atoms with Gasteiger partial charge in [0, 0.05) is 31.4 Å². The minimum atomic E-state index is -3.87. The second-order valence-corrected chi connectivity index (χ2v) is 9.53. The number of fused-ring (bicyclic) bond motifs is 1. The number of carbonyl (C=O) groups excluding carboxylic acids is 1. The third kappa shape index (κ3) is 5.70. The van der Waals surface area contributed by atoms with Gasteiger partial charge in [0.15, 0.2) is 11.5 Å². The molecular formula is C22H28N6O5S. The molecule has 2 N–H and O–H groups in total. The summed E-state index contributed by atoms with van der Waals surface area (Å²) in [4.78, 5) is 14.9. The molecule has 1 aliphatic rings. The number of nitrogens with zero attached hydrogens (tertiary/aromatic N) is 4. The fraction of sp³-hybridized carbons (Fsp3) is 0.409. The first-order chi connectivity index (χ1) is 16.5. The maximum Gasteiger partial charge on any atom is 0.251 e. The highest BCUT2D eigenvalue weighted by molar-refractivity contribution is 7.89. The zero-order valence-corrected chi connectivity index (χ0v) is 19.8. The molecule has 0 atom stereocenters. The predicted octanol–water partition coefficient (Wildman–Crippen LogP) is 0.669. The molecule has 0 aliphatic carbocycles. The second-order valence-electron chi connectivity index (χ2n) is 7.80. The molecule has 3 heterocycles. The predicted molar refractivity (Wildman–Crippen MR) is 124 cm³/mol. The van der Waals surface area contributed by atoms with E-state index in [0.717, 1.165) is 19.6 Å². The van der Waals surface area contributed by atoms with Crippen LogP contribution >= 0.6 is 0 Å². The first-order valence-corrected chi connectivity index (χ1v) is 12.5. The first kappa shape index (κ1) is 24.1. The number of carbonyl (C=O) groups is 1. The second kappa shape index (κ2) is 10.9. The van der Waals surface area contributed by atoms with Crippen LogP contribution in [0, 0.1) is 0 Å². The topological polar surface area (TPSA) is 127 Å². The van der Waals surface area contributed by atoms with Gasteiger partial charge in [-0.3, -0.25) is 14.1 Å². The lowest BCUT2D eigenvalue weighted by molar-refractivity contribution is 0.0376. The van der Waals surface area contributed by atoms with Crippen LogP contribution < -0.4 is 14.8 Å². The number of rotatable bonds is 10. The Morgan fingerprint density at radius 1 is 1.18 bits per heavy atom. The third-order valence-corrected chi connectivity index (χ3v) is 7.04. The van der Waals surface area contributed by atoms with E-state index >= 15 is 0 Å². The summed E-state index contributed by atoms with van der Waals surface area (Å²) in [6.07, 6.45) is 2.47. The van der Waals surface area contributed by atoms with Crippen molar-refractivity contribution in [2.45, 2.75) is 17.9 Å². The van der Waals surface area contributed by atoms with E-state index in [2.05, 4.69) is 25.1 Å². The first-order valence-electron chi connectivity index (χ1n) is 11.0. The summed E-state index contributed by atoms with van der Waals surface area (Å²) >= 11 is 0. The number of sulfonamides is 1. The van der Waals surface area contributed by atoms with E-state index in [0.29, 0.717) is 31.1 Å². The van der Waals surface area contributed by atoms with Crippen LogP contribution in [0.2, 0.25) is 0 Å². The summed E-state index contributed by atoms with van der Waals surface area (Å²) < 4.78 is 40.8. The van der Waals surface area contributed by atoms with Crippen LogP contribution in [0.25, 0.3) is 5.65 Å². The average molecular weight is 489 g/mol. The van der Waals surface area contributed by atoms with Crippen molar-refractivity contribution in [3.8, 4) is 5.75 Å². The molecular weight excluding hydrogens is 460 g/mol. The maximum atomic E-state index is 13.0. The average Bonchev–Trinajstić information content (AvgIpc) is 3.28. The fourth-order valence-electron chi connectivity index (χ4n) is 3.71. The van der Waals surface area contributed by atoms with Gasteiger partial charge in [-0.1, -0.05) is 6.07 Å². The third-order valence-electron chi connectivity index (χ3n) is 5.55. The van der Waals surface area contributed by atoms with Crippen molar-refractivity contribution in [3.05, 3.63) is 54.0 Å². The van der Waals surface area contributed by atoms with E-state index in [-0.39, 0.29) is 29.3 Å². The molecule has 34 heavy (non-hydrogen) atoms. The van der Waals surface area contributed by atoms with Gasteiger partial charge in [-0.2, -0.15) is 0 Å². The lowest BCUT2D eigenvalue weighted by Crippen LogP contribution is -2.38. The Morgan fingerprint density at radius 3 is 2.79 bits per heavy atom. The van der Waals surface area contributed by atoms with Crippen LogP contribution in [-0.4, -0.2) is 80.3 Å². The molecule has 0 radical (unpaired) electrons. The van der Waals surface area contributed by atoms with Gasteiger partial charge in [0.2, 0.25) is 10.0 Å². The van der Waals surface area contributed by atoms with E-state index in [1.807, 2.05) is 18.2 Å². The van der Waals surface area contributed by atoms with E-state index < -0.39 is 15.9 Å². The van der Waals surface area contributed by atoms with Gasteiger partial charge in [0.1, 0.15) is 10.6 Å². The van der Waals surface area contributed by atoms with Gasteiger partial charge >= 0.3 is 0 Å². The Kier molecular flexibility index (Phi) is 7.73. The lowest BCUT2D eigenvalue weighted by atomic mass is 10.2. The van der Waals surface area contributed by atoms with Crippen LogP contribution in [0.1, 0.15) is 22.6 Å². The Balaban J connectivity index is 1.40. The van der Waals surface area contributed by atoms with E-state index in [1.54, 1.807) is 10.6 Å². The molecule has 182 valence electrons. The number of nitrogens with one attached hydrogen (secondary N) is 2. The standard InChI is InChI=1S/C22H28N6O5S/c1-32-18-7-6-17(22(29)23-16-21-26-25-20-5-2-3-10-28(20)21)15-19(18)34(30,31)24-8-4-9-27-11-13-33-14-12-27/h2-3,5-7,10,15,24H,4,8-9,11-14,16H2,1H3,(H,23,29). The van der Waals surface area contributed by atoms with Crippen LogP contribution in [0.15, 0.2) is 47.5 Å². The molecule has 1 saturated heterocycles. The number of benzene rings is 1. The molecule has 11 nitrogen and oxygen atoms in total. The summed E-state index contributed by atoms with van der Waals surface area (Å²) in [5.74, 6) is 0.298. The zero-order chi connectivity index (χ0) is 24.0. The highest BCUT2D eigenvalue weighted by Crippen LogP contribution is 2.25. The molecule has 1 amide bonds. The van der Waals surface area contributed by atoms with Gasteiger partial charge in [-0.25, -0.2) is 13.1 Å². The van der Waals surface area contributed by atoms with E-state index in [4.69, 9.17) is 9.47 Å². The summed E-state index contributed by atoms with van der Waals surface area (Å²) in [5.41, 5.74) is 0.868. The molecule has 0 spiro atoms. The van der Waals surface area contributed by atoms with E-state index in [9.17, 15) is 13.2 Å². The number of amides is 1. The number of hydrogen-bond acceptors (Lipinski definition) is 8. The number of ether oxygens (including phenoxy) is 2. The number of pyridine rings is 1. The molecule has 0 saturated carbocycles. The highest BCUT2D eigenvalue weighted by Gasteiger charge is 2.22. The smallest absolute Gasteiger partial charge is 0.251 e. The normalized spacial score (nSPS) is 14.9. The maximum absolute atomic E-state index is 13.0.